The molecule has 2 heterocycles. The van der Waals surface area contributed by atoms with Gasteiger partial charge in [-0.25, -0.2) is 0 Å². The average Bonchev–Trinajstić information content (AvgIpc) is 3.03. The third kappa shape index (κ3) is 4.67. The number of likely N-dealkylation sites (tertiary alicyclic amines) is 1. The minimum absolute atomic E-state index is 0.0613. The van der Waals surface area contributed by atoms with Gasteiger partial charge in [-0.2, -0.15) is 0 Å². The van der Waals surface area contributed by atoms with Gasteiger partial charge in [-0.05, 0) is 25.0 Å². The van der Waals surface area contributed by atoms with Gasteiger partial charge in [-0.1, -0.05) is 31.0 Å². The number of amides is 3. The Bertz CT molecular complexity index is 737. The molecule has 1 aromatic carbocycles. The molecular weight excluding hydrogens is 380 g/mol. The fourth-order valence-corrected chi connectivity index (χ4v) is 4.98. The number of piperazine rings is 1. The quantitative estimate of drug-likeness (QED) is 0.687. The fourth-order valence-electron chi connectivity index (χ4n) is 4.98. The summed E-state index contributed by atoms with van der Waals surface area (Å²) in [4.78, 5) is 43.3. The number of para-hydroxylation sites is 1. The molecule has 3 amide bonds. The van der Waals surface area contributed by atoms with Gasteiger partial charge in [-0.3, -0.25) is 24.2 Å². The van der Waals surface area contributed by atoms with E-state index >= 15 is 0 Å². The summed E-state index contributed by atoms with van der Waals surface area (Å²) in [7, 11) is 0. The summed E-state index contributed by atoms with van der Waals surface area (Å²) in [5, 5.41) is 2.95. The van der Waals surface area contributed by atoms with E-state index in [1.165, 1.54) is 10.6 Å². The Balaban J connectivity index is 1.13. The summed E-state index contributed by atoms with van der Waals surface area (Å²) in [6.45, 7) is 5.55. The van der Waals surface area contributed by atoms with Gasteiger partial charge in [0.2, 0.25) is 17.7 Å². The molecule has 2 atom stereocenters. The van der Waals surface area contributed by atoms with Crippen molar-refractivity contribution in [3.63, 3.8) is 0 Å². The van der Waals surface area contributed by atoms with Gasteiger partial charge in [0.05, 0.1) is 11.8 Å². The molecule has 3 aliphatic rings. The molecule has 1 aliphatic carbocycles. The Morgan fingerprint density at radius 1 is 0.900 bits per heavy atom. The Kier molecular flexibility index (Phi) is 6.67. The molecule has 0 spiro atoms. The lowest BCUT2D eigenvalue weighted by Gasteiger charge is -2.36. The number of hydrogen-bond acceptors (Lipinski definition) is 5. The normalized spacial score (nSPS) is 24.8. The highest BCUT2D eigenvalue weighted by Gasteiger charge is 2.47. The van der Waals surface area contributed by atoms with E-state index in [-0.39, 0.29) is 42.5 Å². The molecule has 162 valence electrons. The molecule has 2 unspecified atom stereocenters. The third-order valence-corrected chi connectivity index (χ3v) is 6.74. The van der Waals surface area contributed by atoms with Crippen LogP contribution in [0.5, 0.6) is 0 Å². The molecule has 7 nitrogen and oxygen atoms in total. The standard InChI is InChI=1S/C23H32N4O3/c28-21(10-12-27-22(29)19-8-4-5-9-20(19)23(27)30)24-11-13-25-14-16-26(17-15-25)18-6-2-1-3-7-18/h1-3,6-7,19-20H,4-5,8-17H2,(H,24,28). The predicted molar refractivity (Wildman–Crippen MR) is 115 cm³/mol. The molecule has 3 fully saturated rings. The fraction of sp³-hybridized carbons (Fsp3) is 0.609. The monoisotopic (exact) mass is 412 g/mol. The number of imide groups is 1. The van der Waals surface area contributed by atoms with Gasteiger partial charge in [-0.15, -0.1) is 0 Å². The molecule has 0 bridgehead atoms. The minimum atomic E-state index is -0.135. The molecule has 1 saturated carbocycles. The predicted octanol–water partition coefficient (Wildman–Crippen LogP) is 1.49. The zero-order valence-corrected chi connectivity index (χ0v) is 17.6. The Labute approximate surface area is 178 Å². The Hall–Kier alpha value is -2.41. The highest BCUT2D eigenvalue weighted by atomic mass is 16.2. The zero-order chi connectivity index (χ0) is 20.9. The average molecular weight is 413 g/mol. The number of hydrogen-bond donors (Lipinski definition) is 1. The van der Waals surface area contributed by atoms with E-state index in [1.54, 1.807) is 0 Å². The lowest BCUT2D eigenvalue weighted by molar-refractivity contribution is -0.140. The van der Waals surface area contributed by atoms with Crippen molar-refractivity contribution in [2.75, 3.05) is 50.7 Å². The minimum Gasteiger partial charge on any atom is -0.369 e. The van der Waals surface area contributed by atoms with Crippen LogP contribution in [0.1, 0.15) is 32.1 Å². The lowest BCUT2D eigenvalue weighted by atomic mass is 9.81. The van der Waals surface area contributed by atoms with Crippen LogP contribution in [0.25, 0.3) is 0 Å². The van der Waals surface area contributed by atoms with Gasteiger partial charge >= 0.3 is 0 Å². The number of fused-ring (bicyclic) bond motifs is 1. The van der Waals surface area contributed by atoms with Crippen molar-refractivity contribution >= 4 is 23.4 Å². The smallest absolute Gasteiger partial charge is 0.233 e. The zero-order valence-electron chi connectivity index (χ0n) is 17.6. The lowest BCUT2D eigenvalue weighted by Crippen LogP contribution is -2.48. The number of nitrogens with one attached hydrogen (secondary N) is 1. The van der Waals surface area contributed by atoms with E-state index < -0.39 is 0 Å². The third-order valence-electron chi connectivity index (χ3n) is 6.74. The summed E-state index contributed by atoms with van der Waals surface area (Å²) >= 11 is 0. The largest absolute Gasteiger partial charge is 0.369 e. The number of anilines is 1. The summed E-state index contributed by atoms with van der Waals surface area (Å²) in [6.07, 6.45) is 3.87. The molecular formula is C23H32N4O3. The Morgan fingerprint density at radius 3 is 2.17 bits per heavy atom. The molecule has 1 N–H and O–H groups in total. The number of carbonyl (C=O) groups excluding carboxylic acids is 3. The second-order valence-corrected chi connectivity index (χ2v) is 8.59. The number of nitrogens with zero attached hydrogens (tertiary/aromatic N) is 3. The maximum atomic E-state index is 12.5. The van der Waals surface area contributed by atoms with Crippen molar-refractivity contribution in [3.05, 3.63) is 30.3 Å². The van der Waals surface area contributed by atoms with E-state index in [0.717, 1.165) is 58.4 Å². The van der Waals surface area contributed by atoms with Gasteiger partial charge in [0, 0.05) is 57.9 Å². The molecule has 0 radical (unpaired) electrons. The van der Waals surface area contributed by atoms with E-state index in [4.69, 9.17) is 0 Å². The molecule has 4 rings (SSSR count). The van der Waals surface area contributed by atoms with Crippen LogP contribution >= 0.6 is 0 Å². The summed E-state index contributed by atoms with van der Waals surface area (Å²) in [6, 6.07) is 10.4. The second kappa shape index (κ2) is 9.60. The van der Waals surface area contributed by atoms with Crippen LogP contribution in [0.3, 0.4) is 0 Å². The van der Waals surface area contributed by atoms with Crippen LogP contribution in [-0.2, 0) is 14.4 Å². The topological polar surface area (TPSA) is 73.0 Å². The van der Waals surface area contributed by atoms with Crippen LogP contribution in [0.2, 0.25) is 0 Å². The SMILES string of the molecule is O=C(CCN1C(=O)C2CCCCC2C1=O)NCCN1CCN(c2ccccc2)CC1. The molecule has 2 saturated heterocycles. The summed E-state index contributed by atoms with van der Waals surface area (Å²) in [5.74, 6) is -0.483. The number of benzene rings is 1. The van der Waals surface area contributed by atoms with E-state index in [2.05, 4.69) is 39.4 Å². The highest BCUT2D eigenvalue weighted by Crippen LogP contribution is 2.37. The summed E-state index contributed by atoms with van der Waals surface area (Å²) < 4.78 is 0. The second-order valence-electron chi connectivity index (χ2n) is 8.59. The van der Waals surface area contributed by atoms with Crippen molar-refractivity contribution in [2.45, 2.75) is 32.1 Å². The first-order valence-electron chi connectivity index (χ1n) is 11.3. The maximum absolute atomic E-state index is 12.5. The van der Waals surface area contributed by atoms with Crippen molar-refractivity contribution < 1.29 is 14.4 Å². The number of rotatable bonds is 7. The first-order chi connectivity index (χ1) is 14.6. The highest BCUT2D eigenvalue weighted by molar-refractivity contribution is 6.05. The van der Waals surface area contributed by atoms with Crippen LogP contribution in [0, 0.1) is 11.8 Å². The number of carbonyl (C=O) groups is 3. The van der Waals surface area contributed by atoms with Crippen LogP contribution in [-0.4, -0.2) is 73.3 Å². The Morgan fingerprint density at radius 2 is 1.53 bits per heavy atom. The van der Waals surface area contributed by atoms with Crippen molar-refractivity contribution in [1.82, 2.24) is 15.1 Å². The van der Waals surface area contributed by atoms with E-state index in [9.17, 15) is 14.4 Å². The van der Waals surface area contributed by atoms with Crippen LogP contribution < -0.4 is 10.2 Å². The first-order valence-corrected chi connectivity index (χ1v) is 11.3. The van der Waals surface area contributed by atoms with Crippen LogP contribution in [0.4, 0.5) is 5.69 Å². The van der Waals surface area contributed by atoms with Gasteiger partial charge in [0.1, 0.15) is 0 Å². The molecule has 1 aromatic rings. The van der Waals surface area contributed by atoms with Gasteiger partial charge < -0.3 is 10.2 Å². The van der Waals surface area contributed by atoms with Crippen molar-refractivity contribution in [2.24, 2.45) is 11.8 Å². The van der Waals surface area contributed by atoms with Crippen molar-refractivity contribution in [1.29, 1.82) is 0 Å². The molecule has 0 aromatic heterocycles. The summed E-state index contributed by atoms with van der Waals surface area (Å²) in [5.41, 5.74) is 1.26. The maximum Gasteiger partial charge on any atom is 0.233 e. The van der Waals surface area contributed by atoms with Gasteiger partial charge in [0.25, 0.3) is 0 Å². The van der Waals surface area contributed by atoms with Crippen molar-refractivity contribution in [3.8, 4) is 0 Å². The molecule has 2 aliphatic heterocycles. The molecule has 30 heavy (non-hydrogen) atoms. The van der Waals surface area contributed by atoms with Crippen LogP contribution in [0.15, 0.2) is 30.3 Å². The van der Waals surface area contributed by atoms with Gasteiger partial charge in [0.15, 0.2) is 0 Å². The van der Waals surface area contributed by atoms with E-state index in [1.807, 2.05) is 6.07 Å². The molecule has 7 heteroatoms. The van der Waals surface area contributed by atoms with E-state index in [0.29, 0.717) is 6.54 Å². The first kappa shape index (κ1) is 20.8.